The molecule has 42 heavy (non-hydrogen) atoms. The Hall–Kier alpha value is -3.65. The number of fused-ring (bicyclic) bond motifs is 1. The number of amides is 2. The molecule has 0 aliphatic carbocycles. The minimum Gasteiger partial charge on any atom is -0.390 e. The SMILES string of the molecule is CC(=O)Nc1nc2ccc(S(=O)(=O)N(CC(C)C)C[C@@H](O)[C@H](Cc3ccccc3)NC(=O)Cc3cc(C)no3)cc2s1. The second-order valence-corrected chi connectivity index (χ2v) is 13.6. The van der Waals surface area contributed by atoms with E-state index in [1.165, 1.54) is 34.7 Å². The lowest BCUT2D eigenvalue weighted by Crippen LogP contribution is -2.51. The molecule has 0 aliphatic heterocycles. The van der Waals surface area contributed by atoms with Gasteiger partial charge in [0.1, 0.15) is 5.76 Å². The van der Waals surface area contributed by atoms with Gasteiger partial charge >= 0.3 is 0 Å². The number of thiazole rings is 1. The molecule has 3 N–H and O–H groups in total. The van der Waals surface area contributed by atoms with Crippen LogP contribution in [-0.4, -0.2) is 65.0 Å². The second-order valence-electron chi connectivity index (χ2n) is 10.6. The maximum Gasteiger partial charge on any atom is 0.243 e. The average Bonchev–Trinajstić information content (AvgIpc) is 3.51. The van der Waals surface area contributed by atoms with Crippen LogP contribution in [0.15, 0.2) is 64.0 Å². The molecule has 2 atom stereocenters. The summed E-state index contributed by atoms with van der Waals surface area (Å²) >= 11 is 1.18. The average molecular weight is 614 g/mol. The number of carbonyl (C=O) groups excluding carboxylic acids is 2. The Morgan fingerprint density at radius 2 is 1.83 bits per heavy atom. The number of rotatable bonds is 13. The first-order valence-electron chi connectivity index (χ1n) is 13.5. The monoisotopic (exact) mass is 613 g/mol. The van der Waals surface area contributed by atoms with E-state index in [4.69, 9.17) is 4.52 Å². The van der Waals surface area contributed by atoms with E-state index in [-0.39, 0.29) is 48.6 Å². The van der Waals surface area contributed by atoms with Crippen molar-refractivity contribution < 1.29 is 27.6 Å². The number of aromatic nitrogens is 2. The van der Waals surface area contributed by atoms with Crippen molar-refractivity contribution in [2.75, 3.05) is 18.4 Å². The van der Waals surface area contributed by atoms with E-state index in [9.17, 15) is 23.1 Å². The molecular formula is C29H35N5O6S2. The van der Waals surface area contributed by atoms with Gasteiger partial charge in [-0.25, -0.2) is 13.4 Å². The van der Waals surface area contributed by atoms with Crippen molar-refractivity contribution >= 4 is 48.5 Å². The molecule has 2 aromatic carbocycles. The number of hydrogen-bond acceptors (Lipinski definition) is 9. The van der Waals surface area contributed by atoms with Gasteiger partial charge in [0.25, 0.3) is 0 Å². The molecule has 13 heteroatoms. The largest absolute Gasteiger partial charge is 0.390 e. The summed E-state index contributed by atoms with van der Waals surface area (Å²) in [5, 5.41) is 21.1. The number of sulfonamides is 1. The molecule has 4 rings (SSSR count). The summed E-state index contributed by atoms with van der Waals surface area (Å²) in [6.45, 7) is 6.83. The van der Waals surface area contributed by atoms with E-state index in [1.807, 2.05) is 44.2 Å². The third-order valence-electron chi connectivity index (χ3n) is 6.36. The van der Waals surface area contributed by atoms with Crippen molar-refractivity contribution in [2.45, 2.75) is 57.6 Å². The molecule has 0 aliphatic rings. The van der Waals surface area contributed by atoms with Crippen molar-refractivity contribution in [1.29, 1.82) is 0 Å². The molecule has 11 nitrogen and oxygen atoms in total. The summed E-state index contributed by atoms with van der Waals surface area (Å²) < 4.78 is 34.8. The molecule has 2 aromatic heterocycles. The molecule has 0 saturated heterocycles. The van der Waals surface area contributed by atoms with E-state index in [0.29, 0.717) is 26.8 Å². The number of aliphatic hydroxyl groups excluding tert-OH is 1. The summed E-state index contributed by atoms with van der Waals surface area (Å²) in [6.07, 6.45) is -1.00. The summed E-state index contributed by atoms with van der Waals surface area (Å²) in [6, 6.07) is 14.8. The number of nitrogens with zero attached hydrogens (tertiary/aromatic N) is 3. The standard InChI is InChI=1S/C29H35N5O6S2/c1-18(2)16-34(42(38,39)23-10-11-24-27(15-23)41-29(32-24)30-20(4)35)17-26(36)25(13-21-8-6-5-7-9-21)31-28(37)14-22-12-19(3)33-40-22/h5-12,15,18,25-26,36H,13-14,16-17H2,1-4H3,(H,31,37)(H,30,32,35)/t25-,26+/m0/s1. The first kappa shape index (κ1) is 31.3. The predicted octanol–water partition coefficient (Wildman–Crippen LogP) is 3.53. The fourth-order valence-corrected chi connectivity index (χ4v) is 7.17. The van der Waals surface area contributed by atoms with Crippen molar-refractivity contribution in [3.8, 4) is 0 Å². The summed E-state index contributed by atoms with van der Waals surface area (Å²) in [7, 11) is -4.05. The maximum atomic E-state index is 13.9. The zero-order valence-electron chi connectivity index (χ0n) is 23.9. The van der Waals surface area contributed by atoms with Gasteiger partial charge in [-0.15, -0.1) is 0 Å². The number of carbonyl (C=O) groups is 2. The first-order chi connectivity index (χ1) is 19.9. The van der Waals surface area contributed by atoms with Gasteiger partial charge < -0.3 is 20.3 Å². The van der Waals surface area contributed by atoms with Crippen LogP contribution in [0, 0.1) is 12.8 Å². The molecule has 224 valence electrons. The van der Waals surface area contributed by atoms with Gasteiger partial charge in [0, 0.05) is 26.1 Å². The molecule has 4 aromatic rings. The van der Waals surface area contributed by atoms with Crippen LogP contribution < -0.4 is 10.6 Å². The van der Waals surface area contributed by atoms with Crippen molar-refractivity contribution in [3.63, 3.8) is 0 Å². The summed E-state index contributed by atoms with van der Waals surface area (Å²) in [4.78, 5) is 28.7. The Morgan fingerprint density at radius 1 is 1.10 bits per heavy atom. The van der Waals surface area contributed by atoms with Gasteiger partial charge in [0.15, 0.2) is 5.13 Å². The van der Waals surface area contributed by atoms with Gasteiger partial charge in [-0.2, -0.15) is 4.31 Å². The Labute approximate surface area is 249 Å². The first-order valence-corrected chi connectivity index (χ1v) is 15.8. The lowest BCUT2D eigenvalue weighted by Gasteiger charge is -2.30. The molecule has 2 amide bonds. The van der Waals surface area contributed by atoms with E-state index in [1.54, 1.807) is 19.1 Å². The number of benzene rings is 2. The Morgan fingerprint density at radius 3 is 2.48 bits per heavy atom. The topological polar surface area (TPSA) is 155 Å². The fraction of sp³-hybridized carbons (Fsp3) is 0.379. The van der Waals surface area contributed by atoms with Crippen LogP contribution in [0.3, 0.4) is 0 Å². The number of aryl methyl sites for hydroxylation is 1. The highest BCUT2D eigenvalue weighted by Gasteiger charge is 2.32. The normalized spacial score (nSPS) is 13.4. The Bertz CT molecular complexity index is 1630. The van der Waals surface area contributed by atoms with Crippen molar-refractivity contribution in [3.05, 3.63) is 71.6 Å². The third kappa shape index (κ3) is 8.22. The molecule has 2 heterocycles. The highest BCUT2D eigenvalue weighted by Crippen LogP contribution is 2.29. The van der Waals surface area contributed by atoms with Crippen LogP contribution in [0.5, 0.6) is 0 Å². The maximum absolute atomic E-state index is 13.9. The molecule has 0 fully saturated rings. The number of hydrogen-bond donors (Lipinski definition) is 3. The van der Waals surface area contributed by atoms with Crippen LogP contribution in [0.25, 0.3) is 10.2 Å². The van der Waals surface area contributed by atoms with Gasteiger partial charge in [-0.3, -0.25) is 9.59 Å². The Kier molecular flexibility index (Phi) is 10.1. The third-order valence-corrected chi connectivity index (χ3v) is 9.12. The van der Waals surface area contributed by atoms with Gasteiger partial charge in [-0.05, 0) is 43.0 Å². The molecule has 0 radical (unpaired) electrons. The van der Waals surface area contributed by atoms with Crippen molar-refractivity contribution in [1.82, 2.24) is 19.8 Å². The summed E-state index contributed by atoms with van der Waals surface area (Å²) in [5.41, 5.74) is 2.09. The van der Waals surface area contributed by atoms with E-state index < -0.39 is 22.2 Å². The lowest BCUT2D eigenvalue weighted by molar-refractivity contribution is -0.122. The quantitative estimate of drug-likeness (QED) is 0.207. The second kappa shape index (κ2) is 13.6. The van der Waals surface area contributed by atoms with Crippen LogP contribution >= 0.6 is 11.3 Å². The number of nitrogens with one attached hydrogen (secondary N) is 2. The Balaban J connectivity index is 1.58. The van der Waals surface area contributed by atoms with Crippen molar-refractivity contribution in [2.24, 2.45) is 5.92 Å². The number of anilines is 1. The smallest absolute Gasteiger partial charge is 0.243 e. The van der Waals surface area contributed by atoms with E-state index in [0.717, 1.165) is 5.56 Å². The van der Waals surface area contributed by atoms with Crippen LogP contribution in [-0.2, 0) is 32.5 Å². The van der Waals surface area contributed by atoms with E-state index in [2.05, 4.69) is 20.8 Å². The molecule has 0 unspecified atom stereocenters. The molecular weight excluding hydrogens is 578 g/mol. The zero-order chi connectivity index (χ0) is 30.4. The fourth-order valence-electron chi connectivity index (χ4n) is 4.50. The molecule has 0 spiro atoms. The summed E-state index contributed by atoms with van der Waals surface area (Å²) in [5.74, 6) is -0.300. The van der Waals surface area contributed by atoms with Crippen LogP contribution in [0.4, 0.5) is 5.13 Å². The lowest BCUT2D eigenvalue weighted by atomic mass is 10.0. The van der Waals surface area contributed by atoms with Gasteiger partial charge in [-0.1, -0.05) is 60.7 Å². The highest BCUT2D eigenvalue weighted by atomic mass is 32.2. The molecule has 0 bridgehead atoms. The van der Waals surface area contributed by atoms with Crippen LogP contribution in [0.1, 0.15) is 37.8 Å². The zero-order valence-corrected chi connectivity index (χ0v) is 25.5. The molecule has 0 saturated carbocycles. The van der Waals surface area contributed by atoms with Gasteiger partial charge in [0.2, 0.25) is 21.8 Å². The van der Waals surface area contributed by atoms with Crippen LogP contribution in [0.2, 0.25) is 0 Å². The minimum absolute atomic E-state index is 0.0395. The minimum atomic E-state index is -4.05. The number of aliphatic hydroxyl groups is 1. The van der Waals surface area contributed by atoms with Gasteiger partial charge in [0.05, 0.1) is 39.4 Å². The highest BCUT2D eigenvalue weighted by molar-refractivity contribution is 7.89. The van der Waals surface area contributed by atoms with E-state index >= 15 is 0 Å². The predicted molar refractivity (Wildman–Crippen MR) is 161 cm³/mol.